The van der Waals surface area contributed by atoms with Crippen molar-refractivity contribution in [2.45, 2.75) is 6.04 Å². The quantitative estimate of drug-likeness (QED) is 0.671. The molecule has 0 saturated heterocycles. The zero-order valence-electron chi connectivity index (χ0n) is 14.8. The second kappa shape index (κ2) is 8.67. The fourth-order valence-electron chi connectivity index (χ4n) is 2.56. The van der Waals surface area contributed by atoms with Gasteiger partial charge in [-0.2, -0.15) is 0 Å². The van der Waals surface area contributed by atoms with Crippen molar-refractivity contribution in [1.29, 1.82) is 0 Å². The second-order valence-electron chi connectivity index (χ2n) is 5.78. The lowest BCUT2D eigenvalue weighted by molar-refractivity contribution is -0.143. The van der Waals surface area contributed by atoms with E-state index < -0.39 is 12.0 Å². The van der Waals surface area contributed by atoms with Gasteiger partial charge >= 0.3 is 5.97 Å². The van der Waals surface area contributed by atoms with Gasteiger partial charge in [-0.3, -0.25) is 4.79 Å². The summed E-state index contributed by atoms with van der Waals surface area (Å²) in [5.41, 5.74) is 1.07. The molecule has 1 amide bonds. The summed E-state index contributed by atoms with van der Waals surface area (Å²) >= 11 is 0. The van der Waals surface area contributed by atoms with E-state index in [4.69, 9.17) is 9.47 Å². The molecule has 0 aromatic heterocycles. The van der Waals surface area contributed by atoms with Crippen molar-refractivity contribution in [2.75, 3.05) is 7.11 Å². The first-order chi connectivity index (χ1) is 13.2. The van der Waals surface area contributed by atoms with Crippen molar-refractivity contribution in [2.24, 2.45) is 0 Å². The molecule has 1 N–H and O–H groups in total. The van der Waals surface area contributed by atoms with Crippen LogP contribution in [0.4, 0.5) is 0 Å². The molecule has 5 heteroatoms. The monoisotopic (exact) mass is 361 g/mol. The van der Waals surface area contributed by atoms with Gasteiger partial charge in [-0.1, -0.05) is 48.5 Å². The highest BCUT2D eigenvalue weighted by Crippen LogP contribution is 2.22. The first-order valence-corrected chi connectivity index (χ1v) is 8.44. The molecule has 1 atom stereocenters. The number of hydrogen-bond donors (Lipinski definition) is 1. The fraction of sp³-hybridized carbons (Fsp3) is 0.0909. The van der Waals surface area contributed by atoms with Gasteiger partial charge in [0.1, 0.15) is 11.5 Å². The summed E-state index contributed by atoms with van der Waals surface area (Å²) in [4.78, 5) is 24.6. The Kier molecular flexibility index (Phi) is 5.84. The average molecular weight is 361 g/mol. The highest BCUT2D eigenvalue weighted by molar-refractivity contribution is 5.97. The lowest BCUT2D eigenvalue weighted by atomic mass is 10.1. The molecule has 5 nitrogen and oxygen atoms in total. The van der Waals surface area contributed by atoms with Crippen LogP contribution in [0.2, 0.25) is 0 Å². The predicted octanol–water partition coefficient (Wildman–Crippen LogP) is 4.12. The second-order valence-corrected chi connectivity index (χ2v) is 5.78. The molecule has 3 rings (SSSR count). The van der Waals surface area contributed by atoms with Gasteiger partial charge in [0.2, 0.25) is 0 Å². The Morgan fingerprint density at radius 2 is 1.33 bits per heavy atom. The van der Waals surface area contributed by atoms with Crippen LogP contribution in [-0.4, -0.2) is 19.0 Å². The van der Waals surface area contributed by atoms with Gasteiger partial charge in [-0.05, 0) is 42.0 Å². The maximum Gasteiger partial charge on any atom is 0.333 e. The minimum atomic E-state index is -0.871. The fourth-order valence-corrected chi connectivity index (χ4v) is 2.56. The van der Waals surface area contributed by atoms with E-state index in [2.05, 4.69) is 5.32 Å². The maximum absolute atomic E-state index is 12.6. The van der Waals surface area contributed by atoms with E-state index in [1.165, 1.54) is 7.11 Å². The van der Waals surface area contributed by atoms with Crippen LogP contribution in [0.15, 0.2) is 84.9 Å². The van der Waals surface area contributed by atoms with Gasteiger partial charge in [0.05, 0.1) is 7.11 Å². The molecular weight excluding hydrogens is 342 g/mol. The molecule has 3 aromatic carbocycles. The van der Waals surface area contributed by atoms with Gasteiger partial charge in [0.25, 0.3) is 5.91 Å². The molecular formula is C22H19NO4. The highest BCUT2D eigenvalue weighted by Gasteiger charge is 2.23. The van der Waals surface area contributed by atoms with Crippen LogP contribution in [0.1, 0.15) is 22.0 Å². The number of carbonyl (C=O) groups is 2. The van der Waals surface area contributed by atoms with E-state index in [1.54, 1.807) is 48.5 Å². The number of nitrogens with one attached hydrogen (secondary N) is 1. The summed E-state index contributed by atoms with van der Waals surface area (Å²) in [6.07, 6.45) is 0. The van der Waals surface area contributed by atoms with Gasteiger partial charge < -0.3 is 14.8 Å². The van der Waals surface area contributed by atoms with Crippen molar-refractivity contribution < 1.29 is 19.1 Å². The van der Waals surface area contributed by atoms with E-state index in [0.29, 0.717) is 22.6 Å². The summed E-state index contributed by atoms with van der Waals surface area (Å²) in [5.74, 6) is 0.425. The van der Waals surface area contributed by atoms with Crippen LogP contribution >= 0.6 is 0 Å². The van der Waals surface area contributed by atoms with Crippen LogP contribution in [0.5, 0.6) is 11.5 Å². The van der Waals surface area contributed by atoms with Crippen LogP contribution < -0.4 is 10.1 Å². The number of hydrogen-bond acceptors (Lipinski definition) is 4. The van der Waals surface area contributed by atoms with E-state index in [9.17, 15) is 9.59 Å². The van der Waals surface area contributed by atoms with Gasteiger partial charge in [0, 0.05) is 5.56 Å². The first-order valence-electron chi connectivity index (χ1n) is 8.44. The number of rotatable bonds is 6. The SMILES string of the molecule is COC(=O)C(NC(=O)c1ccc(Oc2ccccc2)cc1)c1ccccc1. The Morgan fingerprint density at radius 1 is 0.778 bits per heavy atom. The molecule has 1 unspecified atom stereocenters. The van der Waals surface area contributed by atoms with Crippen LogP contribution in [0.3, 0.4) is 0 Å². The number of amides is 1. The molecule has 27 heavy (non-hydrogen) atoms. The van der Waals surface area contributed by atoms with Gasteiger partial charge in [0.15, 0.2) is 6.04 Å². The number of carbonyl (C=O) groups excluding carboxylic acids is 2. The van der Waals surface area contributed by atoms with Crippen molar-refractivity contribution in [3.63, 3.8) is 0 Å². The van der Waals surface area contributed by atoms with Gasteiger partial charge in [-0.25, -0.2) is 4.79 Å². The van der Waals surface area contributed by atoms with E-state index in [-0.39, 0.29) is 5.91 Å². The molecule has 0 heterocycles. The number of ether oxygens (including phenoxy) is 2. The number of benzene rings is 3. The topological polar surface area (TPSA) is 64.6 Å². The summed E-state index contributed by atoms with van der Waals surface area (Å²) in [6, 6.07) is 24.2. The zero-order chi connectivity index (χ0) is 19.1. The van der Waals surface area contributed by atoms with Crippen molar-refractivity contribution in [3.05, 3.63) is 96.1 Å². The molecule has 136 valence electrons. The van der Waals surface area contributed by atoms with E-state index >= 15 is 0 Å². The third-order valence-corrected chi connectivity index (χ3v) is 3.94. The van der Waals surface area contributed by atoms with Crippen molar-refractivity contribution >= 4 is 11.9 Å². The predicted molar refractivity (Wildman–Crippen MR) is 102 cm³/mol. The number of methoxy groups -OCH3 is 1. The Labute approximate surface area is 157 Å². The Hall–Kier alpha value is -3.60. The lowest BCUT2D eigenvalue weighted by Gasteiger charge is -2.17. The normalized spacial score (nSPS) is 11.3. The summed E-state index contributed by atoms with van der Waals surface area (Å²) in [6.45, 7) is 0. The number of esters is 1. The zero-order valence-corrected chi connectivity index (χ0v) is 14.8. The summed E-state index contributed by atoms with van der Waals surface area (Å²) in [7, 11) is 1.29. The van der Waals surface area contributed by atoms with E-state index in [0.717, 1.165) is 0 Å². The minimum absolute atomic E-state index is 0.375. The Balaban J connectivity index is 1.71. The average Bonchev–Trinajstić information content (AvgIpc) is 2.73. The lowest BCUT2D eigenvalue weighted by Crippen LogP contribution is -2.34. The molecule has 0 spiro atoms. The molecule has 0 fully saturated rings. The summed E-state index contributed by atoms with van der Waals surface area (Å²) < 4.78 is 10.5. The smallest absolute Gasteiger partial charge is 0.333 e. The Morgan fingerprint density at radius 3 is 1.93 bits per heavy atom. The van der Waals surface area contributed by atoms with Crippen molar-refractivity contribution in [1.82, 2.24) is 5.32 Å². The molecule has 0 aliphatic heterocycles. The summed E-state index contributed by atoms with van der Waals surface area (Å²) in [5, 5.41) is 2.72. The minimum Gasteiger partial charge on any atom is -0.467 e. The molecule has 3 aromatic rings. The third-order valence-electron chi connectivity index (χ3n) is 3.94. The first kappa shape index (κ1) is 18.2. The van der Waals surface area contributed by atoms with Gasteiger partial charge in [-0.15, -0.1) is 0 Å². The largest absolute Gasteiger partial charge is 0.467 e. The molecule has 0 saturated carbocycles. The Bertz CT molecular complexity index is 893. The highest BCUT2D eigenvalue weighted by atomic mass is 16.5. The van der Waals surface area contributed by atoms with Crippen LogP contribution in [0, 0.1) is 0 Å². The molecule has 0 aliphatic rings. The molecule has 0 aliphatic carbocycles. The molecule has 0 bridgehead atoms. The molecule has 0 radical (unpaired) electrons. The standard InChI is InChI=1S/C22H19NO4/c1-26-22(25)20(16-8-4-2-5-9-16)23-21(24)17-12-14-19(15-13-17)27-18-10-6-3-7-11-18/h2-15,20H,1H3,(H,23,24). The third kappa shape index (κ3) is 4.73. The van der Waals surface area contributed by atoms with Crippen LogP contribution in [-0.2, 0) is 9.53 Å². The number of para-hydroxylation sites is 1. The van der Waals surface area contributed by atoms with E-state index in [1.807, 2.05) is 36.4 Å². The van der Waals surface area contributed by atoms with Crippen LogP contribution in [0.25, 0.3) is 0 Å². The van der Waals surface area contributed by atoms with Crippen molar-refractivity contribution in [3.8, 4) is 11.5 Å². The maximum atomic E-state index is 12.6.